The van der Waals surface area contributed by atoms with Gasteiger partial charge in [0.1, 0.15) is 51.0 Å². The summed E-state index contributed by atoms with van der Waals surface area (Å²) in [6.07, 6.45) is -0.0744. The molecule has 0 unspecified atom stereocenters. The molecule has 7 aromatic rings. The van der Waals surface area contributed by atoms with Gasteiger partial charge in [-0.3, -0.25) is 22.6 Å². The Labute approximate surface area is 500 Å². The normalized spacial score (nSPS) is 12.6. The first-order valence-corrected chi connectivity index (χ1v) is 33.3. The van der Waals surface area contributed by atoms with Crippen LogP contribution in [0.3, 0.4) is 0 Å². The molecule has 2 heterocycles. The largest absolute Gasteiger partial charge is 0.497 e. The van der Waals surface area contributed by atoms with Crippen LogP contribution in [-0.2, 0) is 40.5 Å². The van der Waals surface area contributed by atoms with Crippen molar-refractivity contribution in [2.75, 3.05) is 42.5 Å². The molecule has 7 rings (SSSR count). The maximum atomic E-state index is 12.4. The van der Waals surface area contributed by atoms with E-state index in [-0.39, 0.29) is 111 Å². The maximum Gasteiger partial charge on any atom is 0.296 e. The fourth-order valence-electron chi connectivity index (χ4n) is 7.90. The van der Waals surface area contributed by atoms with Crippen LogP contribution in [-0.4, -0.2) is 109 Å². The molecule has 0 aliphatic rings. The van der Waals surface area contributed by atoms with Crippen LogP contribution in [0.2, 0.25) is 5.02 Å². The van der Waals surface area contributed by atoms with Gasteiger partial charge < -0.3 is 14.6 Å². The molecule has 0 radical (unpaired) electrons. The minimum Gasteiger partial charge on any atom is -0.497 e. The zero-order chi connectivity index (χ0) is 62.2. The summed E-state index contributed by atoms with van der Waals surface area (Å²) >= 11 is 8.45. The zero-order valence-corrected chi connectivity index (χ0v) is 50.9. The van der Waals surface area contributed by atoms with Crippen molar-refractivity contribution < 1.29 is 66.5 Å². The molecule has 0 fully saturated rings. The van der Waals surface area contributed by atoms with E-state index in [4.69, 9.17) is 21.1 Å². The highest BCUT2D eigenvalue weighted by molar-refractivity contribution is 7.99. The second-order valence-corrected chi connectivity index (χ2v) is 27.2. The van der Waals surface area contributed by atoms with Crippen molar-refractivity contribution in [1.29, 1.82) is 10.5 Å². The summed E-state index contributed by atoms with van der Waals surface area (Å²) in [4.78, 5) is 4.57. The van der Waals surface area contributed by atoms with E-state index in [0.717, 1.165) is 10.5 Å². The Hall–Kier alpha value is -7.54. The van der Waals surface area contributed by atoms with Gasteiger partial charge in [-0.1, -0.05) is 11.6 Å². The van der Waals surface area contributed by atoms with Gasteiger partial charge in [0.05, 0.1) is 70.5 Å². The molecule has 0 bridgehead atoms. The summed E-state index contributed by atoms with van der Waals surface area (Å²) in [6.45, 7) is 6.25. The third-order valence-electron chi connectivity index (χ3n) is 12.1. The Morgan fingerprint density at radius 2 is 1.11 bits per heavy atom. The lowest BCUT2D eigenvalue weighted by molar-refractivity contribution is 0.317. The van der Waals surface area contributed by atoms with Gasteiger partial charge in [-0.15, -0.1) is 49.1 Å². The summed E-state index contributed by atoms with van der Waals surface area (Å²) < 4.78 is 145. The summed E-state index contributed by atoms with van der Waals surface area (Å²) in [5.41, 5.74) is 2.61. The van der Waals surface area contributed by atoms with Crippen LogP contribution >= 0.6 is 35.1 Å². The number of fused-ring (bicyclic) bond motifs is 3. The molecule has 0 saturated heterocycles. The molecule has 2 aromatic heterocycles. The number of rotatable bonds is 25. The Balaban J connectivity index is 1.28. The number of nitrogens with zero attached hydrogens (tertiary/aromatic N) is 12. The highest BCUT2D eigenvalue weighted by atomic mass is 35.5. The second kappa shape index (κ2) is 27.2. The fourth-order valence-corrected chi connectivity index (χ4v) is 12.5. The SMILES string of the molecule is COc1cc(S(=O)(=O)O)c2nc3c(C#N)c(C)c(N=Nc4cc(C)c(N=Nc5cc(C)c(N=Nc6cc(C)c(N=Nc7ccc(Cl)cc7C#N)cc6SCCCS(=O)(=O)O)cc5SCCCS(=O)(=O)O)cc4OCCCS(=O)(=O)O)c(O)n3c2c1. The van der Waals surface area contributed by atoms with E-state index in [2.05, 4.69) is 45.9 Å². The van der Waals surface area contributed by atoms with Crippen molar-refractivity contribution in [3.63, 3.8) is 0 Å². The van der Waals surface area contributed by atoms with Crippen molar-refractivity contribution in [2.45, 2.75) is 61.6 Å². The van der Waals surface area contributed by atoms with Gasteiger partial charge in [0.2, 0.25) is 5.88 Å². The number of imidazole rings is 1. The summed E-state index contributed by atoms with van der Waals surface area (Å²) in [6, 6.07) is 20.4. The van der Waals surface area contributed by atoms with Crippen molar-refractivity contribution in [3.8, 4) is 29.5 Å². The van der Waals surface area contributed by atoms with Gasteiger partial charge in [-0.05, 0) is 124 Å². The summed E-state index contributed by atoms with van der Waals surface area (Å²) in [5, 5.41) is 67.5. The predicted octanol–water partition coefficient (Wildman–Crippen LogP) is 13.1. The molecule has 0 atom stereocenters. The van der Waals surface area contributed by atoms with Crippen LogP contribution in [0.5, 0.6) is 17.4 Å². The van der Waals surface area contributed by atoms with E-state index < -0.39 is 68.5 Å². The molecule has 0 spiro atoms. The smallest absolute Gasteiger partial charge is 0.296 e. The summed E-state index contributed by atoms with van der Waals surface area (Å²) in [5.74, 6) is -2.03. The van der Waals surface area contributed by atoms with Crippen LogP contribution in [0, 0.1) is 50.4 Å². The lowest BCUT2D eigenvalue weighted by atomic mass is 10.1. The average Bonchev–Trinajstić information content (AvgIpc) is 1.68. The van der Waals surface area contributed by atoms with E-state index >= 15 is 0 Å². The number of ether oxygens (including phenoxy) is 2. The minimum atomic E-state index is -4.90. The number of thioether (sulfide) groups is 2. The van der Waals surface area contributed by atoms with Gasteiger partial charge in [0, 0.05) is 38.6 Å². The predicted molar refractivity (Wildman–Crippen MR) is 317 cm³/mol. The molecule has 85 heavy (non-hydrogen) atoms. The Morgan fingerprint density at radius 3 is 1.61 bits per heavy atom. The third-order valence-corrected chi connectivity index (χ3v) is 17.9. The molecule has 27 nitrogen and oxygen atoms in total. The van der Waals surface area contributed by atoms with Gasteiger partial charge in [0.25, 0.3) is 40.5 Å². The molecule has 5 N–H and O–H groups in total. The van der Waals surface area contributed by atoms with Gasteiger partial charge in [-0.25, -0.2) is 4.98 Å². The Bertz CT molecular complexity index is 4490. The monoisotopic (exact) mass is 1300 g/mol. The standard InChI is InChI=1S/C51H49ClN12O15S6/c1-28-17-40(60-63-48-31(4)35(27-54)50-55-49-43(64(50)51(48)65)21-34(78-5)22-47(49)85(75,76)77)44(79-11-6-14-82(66,67)68)23-37(28)57-61-41-19-30(3)39(25-46(41)81-13-8-16-84(72,73)74)59-62-42-18-29(2)38(24-45(42)80-12-7-15-83(69,70)71)58-56-36-10-9-33(52)20-32(36)26-53/h9-10,17-25,65H,6-8,11-16H2,1-5H3,(H,66,67,68)(H,69,70,71)(H,72,73,74)(H,75,76,77). The number of hydrogen-bond donors (Lipinski definition) is 5. The third kappa shape index (κ3) is 17.1. The number of halogens is 1. The molecule has 0 saturated carbocycles. The molecular formula is C51H49ClN12O15S6. The summed E-state index contributed by atoms with van der Waals surface area (Å²) in [7, 11) is -16.6. The van der Waals surface area contributed by atoms with Crippen LogP contribution in [0.25, 0.3) is 16.7 Å². The minimum absolute atomic E-state index is 0.00631. The lowest BCUT2D eigenvalue weighted by Gasteiger charge is -2.12. The number of aromatic nitrogens is 2. The number of nitriles is 2. The second-order valence-electron chi connectivity index (χ2n) is 18.4. The number of methoxy groups -OCH3 is 1. The van der Waals surface area contributed by atoms with Gasteiger partial charge in [-0.2, -0.15) is 59.5 Å². The molecule has 5 aromatic carbocycles. The van der Waals surface area contributed by atoms with Gasteiger partial charge in [0.15, 0.2) is 11.3 Å². The zero-order valence-electron chi connectivity index (χ0n) is 45.2. The van der Waals surface area contributed by atoms with Crippen LogP contribution in [0.15, 0.2) is 122 Å². The molecule has 34 heteroatoms. The number of aromatic hydroxyl groups is 1. The Morgan fingerprint density at radius 1 is 0.612 bits per heavy atom. The quantitative estimate of drug-likeness (QED) is 0.0154. The highest BCUT2D eigenvalue weighted by Gasteiger charge is 2.26. The van der Waals surface area contributed by atoms with Crippen molar-refractivity contribution in [1.82, 2.24) is 9.38 Å². The van der Waals surface area contributed by atoms with Crippen LogP contribution < -0.4 is 9.47 Å². The highest BCUT2D eigenvalue weighted by Crippen LogP contribution is 2.45. The molecule has 446 valence electrons. The van der Waals surface area contributed by atoms with Crippen molar-refractivity contribution in [2.24, 2.45) is 40.9 Å². The first-order chi connectivity index (χ1) is 40.0. The maximum absolute atomic E-state index is 12.4. The number of azo groups is 4. The topological polar surface area (TPSA) is 420 Å². The fraction of sp³-hybridized carbons (Fsp3) is 0.275. The number of pyridine rings is 1. The molecule has 0 aliphatic heterocycles. The molecule has 0 amide bonds. The number of hydrogen-bond acceptors (Lipinski definition) is 24. The van der Waals surface area contributed by atoms with Crippen molar-refractivity contribution >= 4 is 138 Å². The van der Waals surface area contributed by atoms with Crippen LogP contribution in [0.4, 0.5) is 45.5 Å². The first-order valence-electron chi connectivity index (χ1n) is 24.6. The van der Waals surface area contributed by atoms with E-state index in [1.54, 1.807) is 57.2 Å². The Kier molecular flexibility index (Phi) is 20.8. The van der Waals surface area contributed by atoms with E-state index in [1.807, 2.05) is 12.1 Å². The van der Waals surface area contributed by atoms with Crippen LogP contribution in [0.1, 0.15) is 52.6 Å². The van der Waals surface area contributed by atoms with Crippen molar-refractivity contribution in [3.05, 3.63) is 105 Å². The lowest BCUT2D eigenvalue weighted by Crippen LogP contribution is -2.08. The molecule has 0 aliphatic carbocycles. The van der Waals surface area contributed by atoms with E-state index in [0.29, 0.717) is 48.6 Å². The average molecular weight is 1300 g/mol. The molecular weight excluding hydrogens is 1250 g/mol. The number of aryl methyl sites for hydroxylation is 3. The van der Waals surface area contributed by atoms with Gasteiger partial charge >= 0.3 is 0 Å². The first kappa shape index (κ1) is 65.0. The van der Waals surface area contributed by atoms with E-state index in [9.17, 15) is 67.5 Å². The van der Waals surface area contributed by atoms with E-state index in [1.165, 1.54) is 61.8 Å². The number of benzene rings is 5.